The van der Waals surface area contributed by atoms with Crippen molar-refractivity contribution in [2.75, 3.05) is 19.6 Å². The van der Waals surface area contributed by atoms with Crippen LogP contribution in [0.2, 0.25) is 0 Å². The maximum absolute atomic E-state index is 4.27. The maximum Gasteiger partial charge on any atom is 0.0522 e. The van der Waals surface area contributed by atoms with Crippen LogP contribution in [0, 0.1) is 5.92 Å². The van der Waals surface area contributed by atoms with Crippen LogP contribution in [-0.4, -0.2) is 46.4 Å². The fourth-order valence-corrected chi connectivity index (χ4v) is 3.46. The molecule has 0 amide bonds. The van der Waals surface area contributed by atoms with Gasteiger partial charge in [0, 0.05) is 45.0 Å². The van der Waals surface area contributed by atoms with Gasteiger partial charge in [0.15, 0.2) is 0 Å². The van der Waals surface area contributed by atoms with Crippen LogP contribution in [0.3, 0.4) is 0 Å². The van der Waals surface area contributed by atoms with Crippen LogP contribution in [0.15, 0.2) is 12.4 Å². The lowest BCUT2D eigenvalue weighted by Crippen LogP contribution is -2.57. The largest absolute Gasteiger partial charge is 0.311 e. The lowest BCUT2D eigenvalue weighted by molar-refractivity contribution is 0.117. The van der Waals surface area contributed by atoms with Crippen molar-refractivity contribution in [3.05, 3.63) is 18.0 Å². The summed E-state index contributed by atoms with van der Waals surface area (Å²) in [5, 5.41) is 8.06. The summed E-state index contributed by atoms with van der Waals surface area (Å²) in [6, 6.07) is 1.48. The molecular weight excluding hydrogens is 248 g/mol. The molecule has 2 fully saturated rings. The third-order valence-electron chi connectivity index (χ3n) is 4.82. The number of aryl methyl sites for hydroxylation is 1. The quantitative estimate of drug-likeness (QED) is 0.860. The lowest BCUT2D eigenvalue weighted by Gasteiger charge is -2.40. The topological polar surface area (TPSA) is 33.1 Å². The molecule has 4 nitrogen and oxygen atoms in total. The Hall–Kier alpha value is -0.870. The van der Waals surface area contributed by atoms with Crippen LogP contribution in [0.1, 0.15) is 38.2 Å². The molecule has 0 aromatic carbocycles. The molecule has 1 aromatic heterocycles. The first-order valence-corrected chi connectivity index (χ1v) is 8.21. The van der Waals surface area contributed by atoms with Crippen molar-refractivity contribution in [1.82, 2.24) is 20.0 Å². The molecule has 2 atom stereocenters. The Morgan fingerprint density at radius 2 is 2.25 bits per heavy atom. The Labute approximate surface area is 122 Å². The highest BCUT2D eigenvalue weighted by molar-refractivity contribution is 5.05. The first-order valence-electron chi connectivity index (χ1n) is 8.21. The zero-order chi connectivity index (χ0) is 13.9. The Balaban J connectivity index is 1.56. The van der Waals surface area contributed by atoms with Gasteiger partial charge in [-0.05, 0) is 37.2 Å². The Bertz CT molecular complexity index is 424. The van der Waals surface area contributed by atoms with Crippen molar-refractivity contribution in [2.24, 2.45) is 13.0 Å². The monoisotopic (exact) mass is 276 g/mol. The molecule has 1 aromatic rings. The highest BCUT2D eigenvalue weighted by atomic mass is 15.2. The zero-order valence-corrected chi connectivity index (χ0v) is 12.9. The van der Waals surface area contributed by atoms with Gasteiger partial charge in [0.2, 0.25) is 0 Å². The van der Waals surface area contributed by atoms with Gasteiger partial charge >= 0.3 is 0 Å². The summed E-state index contributed by atoms with van der Waals surface area (Å²) in [4.78, 5) is 2.73. The molecule has 2 aliphatic rings. The van der Waals surface area contributed by atoms with E-state index >= 15 is 0 Å². The van der Waals surface area contributed by atoms with Gasteiger partial charge in [-0.3, -0.25) is 9.58 Å². The standard InChI is InChI=1S/C16H28N4/c1-3-4-15-10-17-16(14-5-6-14)12-20(15)8-7-13-9-18-19(2)11-13/h9,11,14-17H,3-8,10,12H2,1-2H3. The van der Waals surface area contributed by atoms with Crippen LogP contribution in [0.25, 0.3) is 0 Å². The Kier molecular flexibility index (Phi) is 4.41. The minimum absolute atomic E-state index is 0.728. The van der Waals surface area contributed by atoms with Crippen molar-refractivity contribution in [1.29, 1.82) is 0 Å². The van der Waals surface area contributed by atoms with E-state index in [1.54, 1.807) is 0 Å². The number of aromatic nitrogens is 2. The van der Waals surface area contributed by atoms with Gasteiger partial charge in [-0.2, -0.15) is 5.10 Å². The minimum atomic E-state index is 0.728. The van der Waals surface area contributed by atoms with Crippen molar-refractivity contribution >= 4 is 0 Å². The van der Waals surface area contributed by atoms with Gasteiger partial charge < -0.3 is 5.32 Å². The molecular formula is C16H28N4. The molecule has 1 saturated heterocycles. The second-order valence-corrected chi connectivity index (χ2v) is 6.56. The normalized spacial score (nSPS) is 27.9. The molecule has 2 heterocycles. The van der Waals surface area contributed by atoms with E-state index in [1.807, 2.05) is 17.9 Å². The molecule has 4 heteroatoms. The summed E-state index contributed by atoms with van der Waals surface area (Å²) in [5.74, 6) is 0.957. The average Bonchev–Trinajstić information content (AvgIpc) is 3.21. The predicted octanol–water partition coefficient (Wildman–Crippen LogP) is 1.82. The van der Waals surface area contributed by atoms with Crippen molar-refractivity contribution in [2.45, 2.75) is 51.1 Å². The molecule has 1 aliphatic heterocycles. The van der Waals surface area contributed by atoms with Crippen LogP contribution in [-0.2, 0) is 13.5 Å². The van der Waals surface area contributed by atoms with E-state index in [0.717, 1.165) is 24.4 Å². The first-order chi connectivity index (χ1) is 9.76. The highest BCUT2D eigenvalue weighted by Gasteiger charge is 2.36. The third kappa shape index (κ3) is 3.41. The highest BCUT2D eigenvalue weighted by Crippen LogP contribution is 2.34. The first kappa shape index (κ1) is 14.1. The summed E-state index contributed by atoms with van der Waals surface area (Å²) >= 11 is 0. The lowest BCUT2D eigenvalue weighted by atomic mass is 10.0. The van der Waals surface area contributed by atoms with E-state index in [2.05, 4.69) is 28.4 Å². The summed E-state index contributed by atoms with van der Waals surface area (Å²) < 4.78 is 1.91. The van der Waals surface area contributed by atoms with Crippen molar-refractivity contribution < 1.29 is 0 Å². The van der Waals surface area contributed by atoms with Gasteiger partial charge in [0.25, 0.3) is 0 Å². The van der Waals surface area contributed by atoms with Gasteiger partial charge in [-0.15, -0.1) is 0 Å². The molecule has 112 valence electrons. The van der Waals surface area contributed by atoms with E-state index in [1.165, 1.54) is 50.9 Å². The third-order valence-corrected chi connectivity index (χ3v) is 4.82. The summed E-state index contributed by atoms with van der Waals surface area (Å²) in [6.07, 6.45) is 10.8. The zero-order valence-electron chi connectivity index (χ0n) is 12.9. The second-order valence-electron chi connectivity index (χ2n) is 6.56. The molecule has 2 unspecified atom stereocenters. The number of rotatable bonds is 6. The molecule has 1 N–H and O–H groups in total. The smallest absolute Gasteiger partial charge is 0.0522 e. The number of nitrogens with one attached hydrogen (secondary N) is 1. The van der Waals surface area contributed by atoms with Gasteiger partial charge in [-0.25, -0.2) is 0 Å². The van der Waals surface area contributed by atoms with E-state index < -0.39 is 0 Å². The van der Waals surface area contributed by atoms with E-state index in [0.29, 0.717) is 0 Å². The minimum Gasteiger partial charge on any atom is -0.311 e. The number of hydrogen-bond acceptors (Lipinski definition) is 3. The van der Waals surface area contributed by atoms with Crippen LogP contribution in [0.4, 0.5) is 0 Å². The van der Waals surface area contributed by atoms with E-state index in [-0.39, 0.29) is 0 Å². The summed E-state index contributed by atoms with van der Waals surface area (Å²) in [6.45, 7) is 5.91. The summed E-state index contributed by atoms with van der Waals surface area (Å²) in [7, 11) is 2.00. The Morgan fingerprint density at radius 3 is 2.90 bits per heavy atom. The van der Waals surface area contributed by atoms with Crippen molar-refractivity contribution in [3.8, 4) is 0 Å². The SMILES string of the molecule is CCCC1CNC(C2CC2)CN1CCc1cnn(C)c1. The number of piperazine rings is 1. The van der Waals surface area contributed by atoms with Crippen LogP contribution in [0.5, 0.6) is 0 Å². The van der Waals surface area contributed by atoms with Crippen LogP contribution < -0.4 is 5.32 Å². The molecule has 0 spiro atoms. The molecule has 0 radical (unpaired) electrons. The second kappa shape index (κ2) is 6.27. The molecule has 3 rings (SSSR count). The Morgan fingerprint density at radius 1 is 1.40 bits per heavy atom. The maximum atomic E-state index is 4.27. The number of hydrogen-bond donors (Lipinski definition) is 1. The summed E-state index contributed by atoms with van der Waals surface area (Å²) in [5.41, 5.74) is 1.37. The van der Waals surface area contributed by atoms with E-state index in [4.69, 9.17) is 0 Å². The predicted molar refractivity (Wildman–Crippen MR) is 81.7 cm³/mol. The molecule has 0 bridgehead atoms. The van der Waals surface area contributed by atoms with Crippen LogP contribution >= 0.6 is 0 Å². The van der Waals surface area contributed by atoms with E-state index in [9.17, 15) is 0 Å². The van der Waals surface area contributed by atoms with Gasteiger partial charge in [0.1, 0.15) is 0 Å². The molecule has 20 heavy (non-hydrogen) atoms. The van der Waals surface area contributed by atoms with Gasteiger partial charge in [0.05, 0.1) is 6.20 Å². The molecule has 1 aliphatic carbocycles. The molecule has 1 saturated carbocycles. The number of nitrogens with zero attached hydrogens (tertiary/aromatic N) is 3. The van der Waals surface area contributed by atoms with Gasteiger partial charge in [-0.1, -0.05) is 13.3 Å². The fourth-order valence-electron chi connectivity index (χ4n) is 3.46. The fraction of sp³-hybridized carbons (Fsp3) is 0.812. The average molecular weight is 276 g/mol. The van der Waals surface area contributed by atoms with Crippen molar-refractivity contribution in [3.63, 3.8) is 0 Å².